The Kier molecular flexibility index (Phi) is 8.16. The number of amides is 1. The SMILES string of the molecule is CC(C)N(CC1CCCN(S(=O)(=O)CC2CCCCO2)C1)C(=O)OC(C)(C)C. The van der Waals surface area contributed by atoms with Gasteiger partial charge in [-0.1, -0.05) is 0 Å². The maximum absolute atomic E-state index is 12.9. The van der Waals surface area contributed by atoms with E-state index in [4.69, 9.17) is 9.47 Å². The summed E-state index contributed by atoms with van der Waals surface area (Å²) >= 11 is 0. The Bertz CT molecular complexity index is 609. The molecular weight excluding hydrogens is 380 g/mol. The summed E-state index contributed by atoms with van der Waals surface area (Å²) in [6, 6.07) is -0.00234. The molecule has 7 nitrogen and oxygen atoms in total. The third-order valence-electron chi connectivity index (χ3n) is 5.25. The molecule has 2 saturated heterocycles. The Hall–Kier alpha value is -0.860. The van der Waals surface area contributed by atoms with Crippen molar-refractivity contribution >= 4 is 16.1 Å². The average Bonchev–Trinajstić information content (AvgIpc) is 2.58. The second-order valence-electron chi connectivity index (χ2n) is 9.36. The van der Waals surface area contributed by atoms with Gasteiger partial charge < -0.3 is 14.4 Å². The fourth-order valence-corrected chi connectivity index (χ4v) is 5.59. The first-order valence-electron chi connectivity index (χ1n) is 10.6. The molecule has 2 aliphatic heterocycles. The van der Waals surface area contributed by atoms with Gasteiger partial charge in [-0.05, 0) is 72.6 Å². The number of hydrogen-bond donors (Lipinski definition) is 0. The molecule has 0 aromatic heterocycles. The molecule has 0 bridgehead atoms. The van der Waals surface area contributed by atoms with Crippen molar-refractivity contribution in [3.05, 3.63) is 0 Å². The van der Waals surface area contributed by atoms with Crippen LogP contribution in [0.1, 0.15) is 66.7 Å². The van der Waals surface area contributed by atoms with Crippen LogP contribution < -0.4 is 0 Å². The van der Waals surface area contributed by atoms with Crippen molar-refractivity contribution in [3.63, 3.8) is 0 Å². The van der Waals surface area contributed by atoms with E-state index in [-0.39, 0.29) is 29.9 Å². The number of carbonyl (C=O) groups excluding carboxylic acids is 1. The number of hydrogen-bond acceptors (Lipinski definition) is 5. The van der Waals surface area contributed by atoms with Crippen LogP contribution in [0.15, 0.2) is 0 Å². The number of sulfonamides is 1. The number of ether oxygens (including phenoxy) is 2. The monoisotopic (exact) mass is 418 g/mol. The second-order valence-corrected chi connectivity index (χ2v) is 11.4. The normalized spacial score (nSPS) is 24.9. The van der Waals surface area contributed by atoms with E-state index in [0.29, 0.717) is 26.2 Å². The molecule has 2 heterocycles. The van der Waals surface area contributed by atoms with E-state index in [1.54, 1.807) is 9.21 Å². The van der Waals surface area contributed by atoms with E-state index in [9.17, 15) is 13.2 Å². The topological polar surface area (TPSA) is 76.2 Å². The zero-order valence-electron chi connectivity index (χ0n) is 18.1. The lowest BCUT2D eigenvalue weighted by molar-refractivity contribution is 0.0137. The van der Waals surface area contributed by atoms with Gasteiger partial charge in [-0.25, -0.2) is 17.5 Å². The van der Waals surface area contributed by atoms with Gasteiger partial charge in [0.25, 0.3) is 0 Å². The summed E-state index contributed by atoms with van der Waals surface area (Å²) < 4.78 is 38.5. The van der Waals surface area contributed by atoms with E-state index in [1.807, 2.05) is 34.6 Å². The maximum atomic E-state index is 12.9. The highest BCUT2D eigenvalue weighted by Gasteiger charge is 2.34. The standard InChI is InChI=1S/C20H38N2O5S/c1-16(2)22(19(23)27-20(3,4)5)14-17-9-8-11-21(13-17)28(24,25)15-18-10-6-7-12-26-18/h16-18H,6-15H2,1-5H3. The lowest BCUT2D eigenvalue weighted by atomic mass is 9.98. The van der Waals surface area contributed by atoms with Gasteiger partial charge in [0.15, 0.2) is 0 Å². The van der Waals surface area contributed by atoms with Gasteiger partial charge >= 0.3 is 6.09 Å². The zero-order valence-corrected chi connectivity index (χ0v) is 19.0. The highest BCUT2D eigenvalue weighted by atomic mass is 32.2. The molecule has 0 spiro atoms. The van der Waals surface area contributed by atoms with E-state index in [2.05, 4.69) is 0 Å². The van der Waals surface area contributed by atoms with Gasteiger partial charge in [0.05, 0.1) is 11.9 Å². The molecule has 0 N–H and O–H groups in total. The number of nitrogens with zero attached hydrogens (tertiary/aromatic N) is 2. The predicted molar refractivity (Wildman–Crippen MR) is 110 cm³/mol. The first kappa shape index (κ1) is 23.4. The van der Waals surface area contributed by atoms with Gasteiger partial charge in [0, 0.05) is 32.3 Å². The Morgan fingerprint density at radius 1 is 1.21 bits per heavy atom. The molecule has 0 aromatic rings. The minimum atomic E-state index is -3.35. The lowest BCUT2D eigenvalue weighted by Gasteiger charge is -2.37. The van der Waals surface area contributed by atoms with E-state index in [1.165, 1.54) is 0 Å². The minimum absolute atomic E-state index is 0.00234. The van der Waals surface area contributed by atoms with Gasteiger partial charge in [0.2, 0.25) is 10.0 Å². The zero-order chi connectivity index (χ0) is 20.9. The van der Waals surface area contributed by atoms with Crippen LogP contribution in [-0.4, -0.2) is 73.5 Å². The third kappa shape index (κ3) is 7.19. The van der Waals surface area contributed by atoms with Crippen molar-refractivity contribution in [3.8, 4) is 0 Å². The van der Waals surface area contributed by atoms with Crippen LogP contribution in [0.5, 0.6) is 0 Å². The summed E-state index contributed by atoms with van der Waals surface area (Å²) in [5.41, 5.74) is -0.549. The summed E-state index contributed by atoms with van der Waals surface area (Å²) in [5.74, 6) is 0.186. The van der Waals surface area contributed by atoms with Gasteiger partial charge in [-0.15, -0.1) is 0 Å². The minimum Gasteiger partial charge on any atom is -0.444 e. The molecule has 2 unspecified atom stereocenters. The van der Waals surface area contributed by atoms with Crippen molar-refractivity contribution < 1.29 is 22.7 Å². The largest absolute Gasteiger partial charge is 0.444 e. The van der Waals surface area contributed by atoms with Crippen molar-refractivity contribution in [2.75, 3.05) is 32.0 Å². The van der Waals surface area contributed by atoms with Crippen LogP contribution in [0.2, 0.25) is 0 Å². The lowest BCUT2D eigenvalue weighted by Crippen LogP contribution is -2.49. The molecule has 164 valence electrons. The molecule has 28 heavy (non-hydrogen) atoms. The van der Waals surface area contributed by atoms with E-state index < -0.39 is 15.6 Å². The van der Waals surface area contributed by atoms with Crippen LogP contribution in [-0.2, 0) is 19.5 Å². The molecule has 2 aliphatic rings. The van der Waals surface area contributed by atoms with E-state index in [0.717, 1.165) is 32.1 Å². The van der Waals surface area contributed by atoms with Crippen LogP contribution in [0.3, 0.4) is 0 Å². The third-order valence-corrected chi connectivity index (χ3v) is 7.16. The molecular formula is C20H38N2O5S. The fraction of sp³-hybridized carbons (Fsp3) is 0.950. The molecule has 2 fully saturated rings. The fourth-order valence-electron chi connectivity index (χ4n) is 3.80. The molecule has 2 rings (SSSR count). The van der Waals surface area contributed by atoms with Crippen molar-refractivity contribution in [2.24, 2.45) is 5.92 Å². The highest BCUT2D eigenvalue weighted by Crippen LogP contribution is 2.24. The van der Waals surface area contributed by atoms with Crippen LogP contribution in [0.25, 0.3) is 0 Å². The van der Waals surface area contributed by atoms with Crippen molar-refractivity contribution in [1.29, 1.82) is 0 Å². The number of piperidine rings is 1. The second kappa shape index (κ2) is 9.76. The van der Waals surface area contributed by atoms with E-state index >= 15 is 0 Å². The number of carbonyl (C=O) groups is 1. The quantitative estimate of drug-likeness (QED) is 0.662. The summed E-state index contributed by atoms with van der Waals surface area (Å²) in [6.07, 6.45) is 4.07. The molecule has 0 aliphatic carbocycles. The van der Waals surface area contributed by atoms with Crippen LogP contribution in [0.4, 0.5) is 4.79 Å². The van der Waals surface area contributed by atoms with Gasteiger partial charge in [-0.2, -0.15) is 0 Å². The Balaban J connectivity index is 1.97. The molecule has 0 radical (unpaired) electrons. The molecule has 8 heteroatoms. The summed E-state index contributed by atoms with van der Waals surface area (Å²) in [5, 5.41) is 0. The maximum Gasteiger partial charge on any atom is 0.410 e. The molecule has 2 atom stereocenters. The van der Waals surface area contributed by atoms with Gasteiger partial charge in [-0.3, -0.25) is 0 Å². The molecule has 0 aromatic carbocycles. The smallest absolute Gasteiger partial charge is 0.410 e. The van der Waals surface area contributed by atoms with Crippen molar-refractivity contribution in [2.45, 2.75) is 84.5 Å². The van der Waals surface area contributed by atoms with Crippen LogP contribution in [0, 0.1) is 5.92 Å². The van der Waals surface area contributed by atoms with Gasteiger partial charge in [0.1, 0.15) is 5.60 Å². The Labute approximate surface area is 170 Å². The molecule has 1 amide bonds. The summed E-state index contributed by atoms with van der Waals surface area (Å²) in [7, 11) is -3.35. The first-order valence-corrected chi connectivity index (χ1v) is 12.2. The average molecular weight is 419 g/mol. The highest BCUT2D eigenvalue weighted by molar-refractivity contribution is 7.89. The molecule has 0 saturated carbocycles. The summed E-state index contributed by atoms with van der Waals surface area (Å²) in [6.45, 7) is 11.7. The Morgan fingerprint density at radius 2 is 1.93 bits per heavy atom. The van der Waals surface area contributed by atoms with Crippen LogP contribution >= 0.6 is 0 Å². The summed E-state index contributed by atoms with van der Waals surface area (Å²) in [4.78, 5) is 14.3. The predicted octanol–water partition coefficient (Wildman–Crippen LogP) is 3.24. The Morgan fingerprint density at radius 3 is 2.50 bits per heavy atom. The van der Waals surface area contributed by atoms with Crippen molar-refractivity contribution in [1.82, 2.24) is 9.21 Å². The first-order chi connectivity index (χ1) is 13.0. The number of rotatable bonds is 6.